The number of aryl methyl sites for hydroxylation is 1. The van der Waals surface area contributed by atoms with Gasteiger partial charge < -0.3 is 15.2 Å². The van der Waals surface area contributed by atoms with Gasteiger partial charge in [-0.25, -0.2) is 9.47 Å². The van der Waals surface area contributed by atoms with Gasteiger partial charge in [0.15, 0.2) is 0 Å². The predicted molar refractivity (Wildman–Crippen MR) is 137 cm³/mol. The zero-order chi connectivity index (χ0) is 23.4. The molecule has 2 aliphatic heterocycles. The van der Waals surface area contributed by atoms with E-state index in [2.05, 4.69) is 73.3 Å². The van der Waals surface area contributed by atoms with Crippen molar-refractivity contribution in [3.63, 3.8) is 0 Å². The average molecular weight is 468 g/mol. The molecule has 2 N–H and O–H groups in total. The van der Waals surface area contributed by atoms with E-state index in [-0.39, 0.29) is 10.8 Å². The maximum Gasteiger partial charge on any atom is 0.246 e. The number of rotatable bonds is 5. The Balaban J connectivity index is 1.79. The molecule has 0 saturated carbocycles. The first-order valence-corrected chi connectivity index (χ1v) is 12.4. The van der Waals surface area contributed by atoms with E-state index in [0.29, 0.717) is 9.51 Å². The minimum atomic E-state index is 0.0597. The fourth-order valence-electron chi connectivity index (χ4n) is 6.74. The third-order valence-electron chi connectivity index (χ3n) is 7.57. The molecule has 4 heterocycles. The lowest BCUT2D eigenvalue weighted by Gasteiger charge is -2.42. The number of aromatic amines is 1. The van der Waals surface area contributed by atoms with Crippen molar-refractivity contribution in [3.8, 4) is 0 Å². The molecule has 1 fully saturated rings. The van der Waals surface area contributed by atoms with Crippen molar-refractivity contribution in [3.05, 3.63) is 46.9 Å². The van der Waals surface area contributed by atoms with E-state index < -0.39 is 0 Å². The predicted octanol–water partition coefficient (Wildman–Crippen LogP) is 4.78. The number of aromatic nitrogens is 3. The number of quaternary nitrogens is 1. The van der Waals surface area contributed by atoms with Crippen molar-refractivity contribution in [2.45, 2.75) is 39.0 Å². The van der Waals surface area contributed by atoms with E-state index in [1.54, 1.807) is 6.33 Å². The molecule has 1 unspecified atom stereocenters. The highest BCUT2D eigenvalue weighted by atomic mass is 35.5. The molecule has 2 aromatic heterocycles. The van der Waals surface area contributed by atoms with Crippen LogP contribution in [0.4, 0.5) is 11.5 Å². The topological polar surface area (TPSA) is 56.8 Å². The van der Waals surface area contributed by atoms with Crippen LogP contribution in [0.2, 0.25) is 5.02 Å². The number of nitrogens with zero attached hydrogens (tertiary/aromatic N) is 4. The molecular weight excluding hydrogens is 432 g/mol. The van der Waals surface area contributed by atoms with Gasteiger partial charge >= 0.3 is 0 Å². The van der Waals surface area contributed by atoms with Crippen molar-refractivity contribution in [2.24, 2.45) is 5.41 Å². The Morgan fingerprint density at radius 2 is 1.94 bits per heavy atom. The van der Waals surface area contributed by atoms with Crippen LogP contribution in [0.15, 0.2) is 30.7 Å². The summed E-state index contributed by atoms with van der Waals surface area (Å²) in [5.74, 6) is 1.03. The van der Waals surface area contributed by atoms with Crippen molar-refractivity contribution < 1.29 is 0 Å². The van der Waals surface area contributed by atoms with E-state index in [1.165, 1.54) is 16.8 Å². The quantitative estimate of drug-likeness (QED) is 0.530. The van der Waals surface area contributed by atoms with Gasteiger partial charge in [0.1, 0.15) is 23.0 Å². The van der Waals surface area contributed by atoms with Gasteiger partial charge in [0.2, 0.25) is 5.82 Å². The van der Waals surface area contributed by atoms with E-state index in [9.17, 15) is 0 Å². The van der Waals surface area contributed by atoms with Gasteiger partial charge in [-0.1, -0.05) is 37.1 Å². The first kappa shape index (κ1) is 22.8. The average Bonchev–Trinajstić information content (AvgIpc) is 3.24. The molecular formula is C26H36ClN6+. The van der Waals surface area contributed by atoms with Gasteiger partial charge in [-0.05, 0) is 53.0 Å². The highest BCUT2D eigenvalue weighted by molar-refractivity contribution is 6.36. The number of hydrogen-bond donors (Lipinski definition) is 2. The van der Waals surface area contributed by atoms with Crippen LogP contribution < -0.4 is 9.80 Å². The molecule has 3 aromatic rings. The highest BCUT2D eigenvalue weighted by Gasteiger charge is 2.57. The van der Waals surface area contributed by atoms with Crippen molar-refractivity contribution >= 4 is 34.1 Å². The van der Waals surface area contributed by atoms with E-state index >= 15 is 0 Å². The SMILES string of the molecule is Cc1ccc2c(c1)C1(CCNCC1)C[N+]2(CC(C)(C)CN(C)C)c1ncnc2[nH]cc(Cl)c12. The Kier molecular flexibility index (Phi) is 5.56. The molecule has 6 nitrogen and oxygen atoms in total. The number of halogens is 1. The van der Waals surface area contributed by atoms with Crippen LogP contribution in [0.5, 0.6) is 0 Å². The molecule has 0 amide bonds. The zero-order valence-electron chi connectivity index (χ0n) is 20.5. The monoisotopic (exact) mass is 467 g/mol. The van der Waals surface area contributed by atoms with Crippen LogP contribution in [-0.4, -0.2) is 66.7 Å². The second-order valence-corrected chi connectivity index (χ2v) is 11.7. The third kappa shape index (κ3) is 3.77. The largest absolute Gasteiger partial charge is 0.344 e. The highest BCUT2D eigenvalue weighted by Crippen LogP contribution is 2.56. The maximum absolute atomic E-state index is 6.76. The standard InChI is InChI=1S/C26H36ClN6/c1-18-6-7-21-19(12-18)26(8-10-28-11-9-26)16-33(21,15-25(2,3)14-32(4)5)24-22-20(27)13-29-23(22)30-17-31-24/h6-7,12-13,17,28H,8-11,14-16H2,1-5H3,(H,29,30,31)/q+1. The zero-order valence-corrected chi connectivity index (χ0v) is 21.3. The maximum atomic E-state index is 6.76. The molecule has 1 saturated heterocycles. The molecule has 2 aliphatic rings. The lowest BCUT2D eigenvalue weighted by atomic mass is 9.74. The van der Waals surface area contributed by atoms with Crippen LogP contribution in [0, 0.1) is 12.3 Å². The van der Waals surface area contributed by atoms with Crippen LogP contribution in [0.3, 0.4) is 0 Å². The Labute approximate surface area is 201 Å². The number of nitrogens with one attached hydrogen (secondary N) is 2. The smallest absolute Gasteiger partial charge is 0.246 e. The van der Waals surface area contributed by atoms with Crippen LogP contribution in [-0.2, 0) is 5.41 Å². The molecule has 0 bridgehead atoms. The Morgan fingerprint density at radius 3 is 2.67 bits per heavy atom. The number of hydrogen-bond acceptors (Lipinski definition) is 4. The summed E-state index contributed by atoms with van der Waals surface area (Å²) in [6.07, 6.45) is 5.84. The first-order valence-electron chi connectivity index (χ1n) is 12.0. The van der Waals surface area contributed by atoms with Gasteiger partial charge in [0, 0.05) is 29.8 Å². The van der Waals surface area contributed by atoms with Crippen LogP contribution in [0.25, 0.3) is 11.0 Å². The summed E-state index contributed by atoms with van der Waals surface area (Å²) in [5, 5.41) is 5.25. The molecule has 1 atom stereocenters. The summed E-state index contributed by atoms with van der Waals surface area (Å²) in [5.41, 5.74) is 5.22. The lowest BCUT2D eigenvalue weighted by molar-refractivity contribution is 0.166. The molecule has 33 heavy (non-hydrogen) atoms. The lowest BCUT2D eigenvalue weighted by Crippen LogP contribution is -2.55. The number of fused-ring (bicyclic) bond motifs is 3. The van der Waals surface area contributed by atoms with Crippen LogP contribution >= 0.6 is 11.6 Å². The van der Waals surface area contributed by atoms with Crippen molar-refractivity contribution in [1.29, 1.82) is 0 Å². The van der Waals surface area contributed by atoms with Crippen LogP contribution in [0.1, 0.15) is 37.8 Å². The molecule has 5 rings (SSSR count). The number of H-pyrrole nitrogens is 1. The molecule has 1 aromatic carbocycles. The minimum absolute atomic E-state index is 0.0597. The van der Waals surface area contributed by atoms with Gasteiger partial charge in [-0.15, -0.1) is 0 Å². The summed E-state index contributed by atoms with van der Waals surface area (Å²) in [6, 6.07) is 7.07. The summed E-state index contributed by atoms with van der Waals surface area (Å²) < 4.78 is 0.715. The summed E-state index contributed by atoms with van der Waals surface area (Å²) in [4.78, 5) is 15.0. The Bertz CT molecular complexity index is 1180. The summed E-state index contributed by atoms with van der Waals surface area (Å²) in [7, 11) is 4.32. The van der Waals surface area contributed by atoms with Gasteiger partial charge in [0.05, 0.1) is 23.5 Å². The molecule has 0 radical (unpaired) electrons. The fourth-order valence-corrected chi connectivity index (χ4v) is 6.97. The van der Waals surface area contributed by atoms with E-state index in [4.69, 9.17) is 16.6 Å². The molecule has 1 spiro atoms. The normalized spacial score (nSPS) is 22.4. The third-order valence-corrected chi connectivity index (χ3v) is 7.87. The molecule has 176 valence electrons. The molecule has 7 heteroatoms. The second-order valence-electron chi connectivity index (χ2n) is 11.3. The van der Waals surface area contributed by atoms with Gasteiger partial charge in [-0.3, -0.25) is 0 Å². The van der Waals surface area contributed by atoms with Crippen molar-refractivity contribution in [1.82, 2.24) is 29.7 Å². The summed E-state index contributed by atoms with van der Waals surface area (Å²) in [6.45, 7) is 12.0. The number of piperidine rings is 1. The Morgan fingerprint density at radius 1 is 1.18 bits per heavy atom. The van der Waals surface area contributed by atoms with Crippen molar-refractivity contribution in [2.75, 3.05) is 46.8 Å². The van der Waals surface area contributed by atoms with Gasteiger partial charge in [0.25, 0.3) is 0 Å². The fraction of sp³-hybridized carbons (Fsp3) is 0.538. The minimum Gasteiger partial charge on any atom is -0.344 e. The second kappa shape index (κ2) is 8.05. The summed E-state index contributed by atoms with van der Waals surface area (Å²) >= 11 is 6.76. The molecule has 0 aliphatic carbocycles. The first-order chi connectivity index (χ1) is 15.7. The number of benzene rings is 1. The van der Waals surface area contributed by atoms with E-state index in [0.717, 1.165) is 62.4 Å². The van der Waals surface area contributed by atoms with Gasteiger partial charge in [-0.2, -0.15) is 4.98 Å². The Hall–Kier alpha value is -1.99. The van der Waals surface area contributed by atoms with E-state index in [1.807, 2.05) is 6.20 Å².